The third-order valence-corrected chi connectivity index (χ3v) is 3.87. The zero-order chi connectivity index (χ0) is 16.8. The molecule has 6 nitrogen and oxygen atoms in total. The minimum Gasteiger partial charge on any atom is -0.481 e. The molecule has 2 amide bonds. The number of hydrogen-bond acceptors (Lipinski definition) is 6. The monoisotopic (exact) mass is 333 g/mol. The third-order valence-electron chi connectivity index (χ3n) is 2.96. The van der Waals surface area contributed by atoms with E-state index in [-0.39, 0.29) is 24.3 Å². The van der Waals surface area contributed by atoms with Crippen molar-refractivity contribution in [1.82, 2.24) is 4.90 Å². The van der Waals surface area contributed by atoms with Gasteiger partial charge in [-0.2, -0.15) is 0 Å². The van der Waals surface area contributed by atoms with Crippen LogP contribution < -0.4 is 4.74 Å². The van der Waals surface area contributed by atoms with Crippen LogP contribution in [0.4, 0.5) is 4.79 Å². The highest BCUT2D eigenvalue weighted by molar-refractivity contribution is 8.18. The lowest BCUT2D eigenvalue weighted by Gasteiger charge is -2.09. The van der Waals surface area contributed by atoms with Gasteiger partial charge < -0.3 is 9.47 Å². The Balaban J connectivity index is 2.22. The molecule has 1 saturated heterocycles. The summed E-state index contributed by atoms with van der Waals surface area (Å²) in [6.45, 7) is 3.46. The zero-order valence-electron chi connectivity index (χ0n) is 12.5. The van der Waals surface area contributed by atoms with Crippen molar-refractivity contribution in [3.63, 3.8) is 0 Å². The molecular weight excluding hydrogens is 318 g/mol. The number of ether oxygens (including phenoxy) is 2. The fourth-order valence-corrected chi connectivity index (χ4v) is 2.69. The topological polar surface area (TPSA) is 72.9 Å². The number of benzene rings is 1. The number of amides is 2. The maximum atomic E-state index is 12.2. The van der Waals surface area contributed by atoms with Crippen LogP contribution in [-0.4, -0.2) is 42.3 Å². The van der Waals surface area contributed by atoms with Crippen LogP contribution in [0, 0.1) is 0 Å². The van der Waals surface area contributed by atoms with Crippen LogP contribution >= 0.6 is 11.8 Å². The predicted molar refractivity (Wildman–Crippen MR) is 86.8 cm³/mol. The number of esters is 1. The maximum Gasteiger partial charge on any atom is 0.343 e. The van der Waals surface area contributed by atoms with Gasteiger partial charge in [0.1, 0.15) is 5.75 Å². The van der Waals surface area contributed by atoms with Crippen molar-refractivity contribution in [2.75, 3.05) is 20.3 Å². The zero-order valence-corrected chi connectivity index (χ0v) is 13.3. The van der Waals surface area contributed by atoms with Crippen LogP contribution in [0.5, 0.6) is 5.75 Å². The Hall–Kier alpha value is -2.54. The molecule has 2 rings (SSSR count). The van der Waals surface area contributed by atoms with Gasteiger partial charge in [0.25, 0.3) is 11.1 Å². The fraction of sp³-hybridized carbons (Fsp3) is 0.188. The van der Waals surface area contributed by atoms with E-state index in [1.165, 1.54) is 13.2 Å². The summed E-state index contributed by atoms with van der Waals surface area (Å²) in [7, 11) is 1.27. The van der Waals surface area contributed by atoms with Gasteiger partial charge in [-0.05, 0) is 23.9 Å². The molecule has 7 heteroatoms. The second kappa shape index (κ2) is 7.64. The summed E-state index contributed by atoms with van der Waals surface area (Å²) in [5.41, 5.74) is 0.598. The minimum atomic E-state index is -0.508. The molecule has 1 aromatic carbocycles. The molecule has 1 aromatic rings. The molecule has 0 atom stereocenters. The number of carbonyl (C=O) groups excluding carboxylic acids is 3. The molecule has 1 aliphatic rings. The normalized spacial score (nSPS) is 15.9. The number of methoxy groups -OCH3 is 1. The lowest BCUT2D eigenvalue weighted by atomic mass is 10.2. The van der Waals surface area contributed by atoms with Gasteiger partial charge in [0.2, 0.25) is 0 Å². The minimum absolute atomic E-state index is 0.169. The molecule has 0 aliphatic carbocycles. The van der Waals surface area contributed by atoms with E-state index in [4.69, 9.17) is 4.74 Å². The number of hydrogen-bond donors (Lipinski definition) is 0. The van der Waals surface area contributed by atoms with E-state index < -0.39 is 5.97 Å². The van der Waals surface area contributed by atoms with Crippen molar-refractivity contribution in [2.45, 2.75) is 0 Å². The SMILES string of the molecule is C=CCN1C(=O)S/C(=C/c2ccccc2OCC(=O)OC)C1=O. The molecule has 0 saturated carbocycles. The Morgan fingerprint density at radius 3 is 2.78 bits per heavy atom. The summed E-state index contributed by atoms with van der Waals surface area (Å²) in [6, 6.07) is 6.91. The second-order valence-electron chi connectivity index (χ2n) is 4.48. The van der Waals surface area contributed by atoms with Gasteiger partial charge >= 0.3 is 5.97 Å². The second-order valence-corrected chi connectivity index (χ2v) is 5.48. The van der Waals surface area contributed by atoms with E-state index in [9.17, 15) is 14.4 Å². The quantitative estimate of drug-likeness (QED) is 0.452. The number of nitrogens with zero attached hydrogens (tertiary/aromatic N) is 1. The standard InChI is InChI=1S/C16H15NO5S/c1-3-8-17-15(19)13(23-16(17)20)9-11-6-4-5-7-12(11)22-10-14(18)21-2/h3-7,9H,1,8,10H2,2H3/b13-9+. The highest BCUT2D eigenvalue weighted by Crippen LogP contribution is 2.33. The first-order chi connectivity index (χ1) is 11.1. The fourth-order valence-electron chi connectivity index (χ4n) is 1.85. The van der Waals surface area contributed by atoms with Crippen LogP contribution in [-0.2, 0) is 14.3 Å². The van der Waals surface area contributed by atoms with Crippen LogP contribution in [0.15, 0.2) is 41.8 Å². The lowest BCUT2D eigenvalue weighted by molar-refractivity contribution is -0.142. The van der Waals surface area contributed by atoms with Gasteiger partial charge in [0.05, 0.1) is 12.0 Å². The molecular formula is C16H15NO5S. The van der Waals surface area contributed by atoms with Gasteiger partial charge in [0.15, 0.2) is 6.61 Å². The maximum absolute atomic E-state index is 12.2. The highest BCUT2D eigenvalue weighted by atomic mass is 32.2. The van der Waals surface area contributed by atoms with Crippen molar-refractivity contribution < 1.29 is 23.9 Å². The molecule has 120 valence electrons. The van der Waals surface area contributed by atoms with Gasteiger partial charge in [-0.25, -0.2) is 4.79 Å². The van der Waals surface area contributed by atoms with Crippen LogP contribution in [0.2, 0.25) is 0 Å². The summed E-state index contributed by atoms with van der Waals surface area (Å²) in [5, 5.41) is -0.339. The average Bonchev–Trinajstić information content (AvgIpc) is 2.81. The molecule has 0 N–H and O–H groups in total. The van der Waals surface area contributed by atoms with Crippen molar-refractivity contribution in [3.8, 4) is 5.75 Å². The first kappa shape index (κ1) is 16.8. The average molecular weight is 333 g/mol. The lowest BCUT2D eigenvalue weighted by Crippen LogP contribution is -2.27. The number of rotatable bonds is 6. The van der Waals surface area contributed by atoms with Gasteiger partial charge in [0, 0.05) is 12.1 Å². The molecule has 1 aliphatic heterocycles. The van der Waals surface area contributed by atoms with Crippen LogP contribution in [0.1, 0.15) is 5.56 Å². The summed E-state index contributed by atoms with van der Waals surface area (Å²) >= 11 is 0.858. The Morgan fingerprint density at radius 1 is 1.35 bits per heavy atom. The number of imide groups is 1. The smallest absolute Gasteiger partial charge is 0.343 e. The Bertz CT molecular complexity index is 683. The summed E-state index contributed by atoms with van der Waals surface area (Å²) in [4.78, 5) is 36.6. The summed E-state index contributed by atoms with van der Waals surface area (Å²) in [5.74, 6) is -0.456. The Labute approximate surface area is 137 Å². The molecule has 23 heavy (non-hydrogen) atoms. The first-order valence-corrected chi connectivity index (χ1v) is 7.53. The van der Waals surface area contributed by atoms with E-state index >= 15 is 0 Å². The van der Waals surface area contributed by atoms with E-state index in [0.717, 1.165) is 16.7 Å². The van der Waals surface area contributed by atoms with Crippen molar-refractivity contribution >= 4 is 35.0 Å². The number of carbonyl (C=O) groups is 3. The van der Waals surface area contributed by atoms with Crippen LogP contribution in [0.3, 0.4) is 0 Å². The molecule has 1 fully saturated rings. The van der Waals surface area contributed by atoms with E-state index in [2.05, 4.69) is 11.3 Å². The van der Waals surface area contributed by atoms with Crippen molar-refractivity contribution in [3.05, 3.63) is 47.4 Å². The summed E-state index contributed by atoms with van der Waals surface area (Å²) < 4.78 is 9.90. The van der Waals surface area contributed by atoms with E-state index in [0.29, 0.717) is 16.2 Å². The number of para-hydroxylation sites is 1. The Kier molecular flexibility index (Phi) is 5.59. The van der Waals surface area contributed by atoms with Crippen molar-refractivity contribution in [1.29, 1.82) is 0 Å². The first-order valence-electron chi connectivity index (χ1n) is 6.71. The molecule has 0 bridgehead atoms. The summed E-state index contributed by atoms with van der Waals surface area (Å²) in [6.07, 6.45) is 3.06. The highest BCUT2D eigenvalue weighted by Gasteiger charge is 2.34. The molecule has 0 radical (unpaired) electrons. The molecule has 0 spiro atoms. The van der Waals surface area contributed by atoms with Gasteiger partial charge in [-0.15, -0.1) is 6.58 Å². The Morgan fingerprint density at radius 2 is 2.09 bits per heavy atom. The predicted octanol–water partition coefficient (Wildman–Crippen LogP) is 2.46. The largest absolute Gasteiger partial charge is 0.481 e. The van der Waals surface area contributed by atoms with Crippen molar-refractivity contribution in [2.24, 2.45) is 0 Å². The third kappa shape index (κ3) is 4.01. The number of thioether (sulfide) groups is 1. The molecule has 0 aromatic heterocycles. The molecule has 0 unspecified atom stereocenters. The molecule has 1 heterocycles. The van der Waals surface area contributed by atoms with E-state index in [1.807, 2.05) is 0 Å². The van der Waals surface area contributed by atoms with E-state index in [1.54, 1.807) is 30.3 Å². The van der Waals surface area contributed by atoms with Gasteiger partial charge in [-0.3, -0.25) is 14.5 Å². The van der Waals surface area contributed by atoms with Crippen LogP contribution in [0.25, 0.3) is 6.08 Å². The van der Waals surface area contributed by atoms with Gasteiger partial charge in [-0.1, -0.05) is 24.3 Å².